The van der Waals surface area contributed by atoms with E-state index in [0.717, 1.165) is 34.9 Å². The van der Waals surface area contributed by atoms with Crippen LogP contribution in [0.25, 0.3) is 21.8 Å². The molecule has 3 aromatic rings. The van der Waals surface area contributed by atoms with E-state index < -0.39 is 0 Å². The number of nitrogens with zero attached hydrogens (tertiary/aromatic N) is 3. The Morgan fingerprint density at radius 3 is 2.52 bits per heavy atom. The van der Waals surface area contributed by atoms with E-state index in [4.69, 9.17) is 0 Å². The smallest absolute Gasteiger partial charge is 0.270 e. The number of pyridine rings is 1. The minimum absolute atomic E-state index is 0.101. The molecular formula is C18H17N3O2. The molecule has 23 heavy (non-hydrogen) atoms. The lowest BCUT2D eigenvalue weighted by Gasteiger charge is -2.28. The number of nitro benzene ring substituents is 1. The summed E-state index contributed by atoms with van der Waals surface area (Å²) in [5, 5.41) is 12.7. The van der Waals surface area contributed by atoms with Gasteiger partial charge in [-0.3, -0.25) is 10.1 Å². The van der Waals surface area contributed by atoms with Crippen molar-refractivity contribution in [2.24, 2.45) is 0 Å². The molecule has 0 aliphatic carbocycles. The van der Waals surface area contributed by atoms with Crippen molar-refractivity contribution in [2.45, 2.75) is 19.3 Å². The lowest BCUT2D eigenvalue weighted by molar-refractivity contribution is -0.384. The summed E-state index contributed by atoms with van der Waals surface area (Å²) in [6.45, 7) is 2.20. The van der Waals surface area contributed by atoms with Crippen LogP contribution in [-0.2, 0) is 0 Å². The predicted molar refractivity (Wildman–Crippen MR) is 92.0 cm³/mol. The van der Waals surface area contributed by atoms with Gasteiger partial charge in [-0.25, -0.2) is 4.98 Å². The molecule has 5 nitrogen and oxygen atoms in total. The monoisotopic (exact) mass is 307 g/mol. The van der Waals surface area contributed by atoms with Gasteiger partial charge in [0.1, 0.15) is 0 Å². The summed E-state index contributed by atoms with van der Waals surface area (Å²) < 4.78 is 0. The first kappa shape index (κ1) is 13.9. The Morgan fingerprint density at radius 2 is 1.74 bits per heavy atom. The number of anilines is 1. The molecule has 116 valence electrons. The number of hydrogen-bond donors (Lipinski definition) is 0. The molecule has 5 heteroatoms. The standard InChI is InChI=1S/C18H17N3O2/c22-21(23)16-6-7-17-14(11-16)10-13-4-5-15(12-18(13)19-17)20-8-2-1-3-9-20/h4-7,10-12H,1-3,8-9H2. The molecule has 2 heterocycles. The van der Waals surface area contributed by atoms with Crippen molar-refractivity contribution in [3.63, 3.8) is 0 Å². The van der Waals surface area contributed by atoms with E-state index in [-0.39, 0.29) is 10.6 Å². The average Bonchev–Trinajstić information content (AvgIpc) is 2.59. The fraction of sp³-hybridized carbons (Fsp3) is 0.278. The molecule has 0 atom stereocenters. The molecule has 1 fully saturated rings. The van der Waals surface area contributed by atoms with E-state index >= 15 is 0 Å². The molecule has 2 aromatic carbocycles. The van der Waals surface area contributed by atoms with Crippen LogP contribution in [-0.4, -0.2) is 23.0 Å². The fourth-order valence-electron chi connectivity index (χ4n) is 3.27. The van der Waals surface area contributed by atoms with Crippen LogP contribution >= 0.6 is 0 Å². The maximum atomic E-state index is 10.9. The summed E-state index contributed by atoms with van der Waals surface area (Å²) in [5.74, 6) is 0. The Morgan fingerprint density at radius 1 is 0.913 bits per heavy atom. The first-order chi connectivity index (χ1) is 11.2. The second-order valence-corrected chi connectivity index (χ2v) is 6.05. The number of piperidine rings is 1. The second-order valence-electron chi connectivity index (χ2n) is 6.05. The Hall–Kier alpha value is -2.69. The summed E-state index contributed by atoms with van der Waals surface area (Å²) >= 11 is 0. The molecule has 0 bridgehead atoms. The zero-order valence-electron chi connectivity index (χ0n) is 12.7. The van der Waals surface area contributed by atoms with Crippen molar-refractivity contribution >= 4 is 33.2 Å². The SMILES string of the molecule is O=[N+]([O-])c1ccc2nc3cc(N4CCCCC4)ccc3cc2c1. The van der Waals surface area contributed by atoms with E-state index in [2.05, 4.69) is 28.1 Å². The van der Waals surface area contributed by atoms with Crippen molar-refractivity contribution in [3.8, 4) is 0 Å². The summed E-state index contributed by atoms with van der Waals surface area (Å²) in [5.41, 5.74) is 3.04. The maximum Gasteiger partial charge on any atom is 0.270 e. The molecule has 0 spiro atoms. The zero-order chi connectivity index (χ0) is 15.8. The highest BCUT2D eigenvalue weighted by Gasteiger charge is 2.12. The first-order valence-corrected chi connectivity index (χ1v) is 7.95. The molecular weight excluding hydrogens is 290 g/mol. The van der Waals surface area contributed by atoms with Gasteiger partial charge in [0, 0.05) is 41.7 Å². The van der Waals surface area contributed by atoms with E-state index in [1.165, 1.54) is 31.0 Å². The Bertz CT molecular complexity index is 901. The van der Waals surface area contributed by atoms with Crippen molar-refractivity contribution < 1.29 is 4.92 Å². The third kappa shape index (κ3) is 2.59. The Balaban J connectivity index is 1.80. The normalized spacial score (nSPS) is 15.2. The van der Waals surface area contributed by atoms with Crippen molar-refractivity contribution in [3.05, 3.63) is 52.6 Å². The summed E-state index contributed by atoms with van der Waals surface area (Å²) in [7, 11) is 0. The Kier molecular flexibility index (Phi) is 3.33. The van der Waals surface area contributed by atoms with Crippen LogP contribution in [0.15, 0.2) is 42.5 Å². The molecule has 0 saturated carbocycles. The highest BCUT2D eigenvalue weighted by Crippen LogP contribution is 2.27. The minimum atomic E-state index is -0.372. The van der Waals surface area contributed by atoms with Crippen LogP contribution in [0, 0.1) is 10.1 Å². The quantitative estimate of drug-likeness (QED) is 0.402. The highest BCUT2D eigenvalue weighted by atomic mass is 16.6. The predicted octanol–water partition coefficient (Wildman–Crippen LogP) is 4.29. The summed E-state index contributed by atoms with van der Waals surface area (Å²) in [6, 6.07) is 13.1. The molecule has 0 radical (unpaired) electrons. The van der Waals surface area contributed by atoms with Crippen LogP contribution in [0.3, 0.4) is 0 Å². The van der Waals surface area contributed by atoms with Gasteiger partial charge < -0.3 is 4.90 Å². The van der Waals surface area contributed by atoms with Gasteiger partial charge in [-0.2, -0.15) is 0 Å². The number of aromatic nitrogens is 1. The molecule has 1 aromatic heterocycles. The first-order valence-electron chi connectivity index (χ1n) is 7.95. The average molecular weight is 307 g/mol. The number of fused-ring (bicyclic) bond motifs is 2. The van der Waals surface area contributed by atoms with E-state index in [1.807, 2.05) is 6.07 Å². The van der Waals surface area contributed by atoms with E-state index in [1.54, 1.807) is 12.1 Å². The number of non-ortho nitro benzene ring substituents is 1. The fourth-order valence-corrected chi connectivity index (χ4v) is 3.27. The van der Waals surface area contributed by atoms with Gasteiger partial charge in [-0.1, -0.05) is 6.07 Å². The molecule has 1 aliphatic rings. The third-order valence-electron chi connectivity index (χ3n) is 4.51. The van der Waals surface area contributed by atoms with Crippen LogP contribution in [0.5, 0.6) is 0 Å². The zero-order valence-corrected chi connectivity index (χ0v) is 12.7. The van der Waals surface area contributed by atoms with Crippen LogP contribution in [0.2, 0.25) is 0 Å². The Labute approximate surface area is 133 Å². The number of benzene rings is 2. The largest absolute Gasteiger partial charge is 0.371 e. The minimum Gasteiger partial charge on any atom is -0.371 e. The van der Waals surface area contributed by atoms with Crippen LogP contribution < -0.4 is 4.90 Å². The van der Waals surface area contributed by atoms with Gasteiger partial charge in [0.15, 0.2) is 0 Å². The third-order valence-corrected chi connectivity index (χ3v) is 4.51. The molecule has 0 N–H and O–H groups in total. The number of nitro groups is 1. The maximum absolute atomic E-state index is 10.9. The molecule has 0 unspecified atom stereocenters. The van der Waals surface area contributed by atoms with Gasteiger partial charge in [-0.15, -0.1) is 0 Å². The van der Waals surface area contributed by atoms with Crippen LogP contribution in [0.4, 0.5) is 11.4 Å². The molecule has 0 amide bonds. The molecule has 1 aliphatic heterocycles. The highest BCUT2D eigenvalue weighted by molar-refractivity contribution is 5.94. The summed E-state index contributed by atoms with van der Waals surface area (Å²) in [4.78, 5) is 17.6. The van der Waals surface area contributed by atoms with Gasteiger partial charge in [0.2, 0.25) is 0 Å². The topological polar surface area (TPSA) is 59.3 Å². The van der Waals surface area contributed by atoms with E-state index in [0.29, 0.717) is 0 Å². The van der Waals surface area contributed by atoms with Gasteiger partial charge in [0.05, 0.1) is 16.0 Å². The van der Waals surface area contributed by atoms with Gasteiger partial charge >= 0.3 is 0 Å². The van der Waals surface area contributed by atoms with Gasteiger partial charge in [0.25, 0.3) is 5.69 Å². The van der Waals surface area contributed by atoms with E-state index in [9.17, 15) is 10.1 Å². The van der Waals surface area contributed by atoms with Crippen molar-refractivity contribution in [2.75, 3.05) is 18.0 Å². The number of rotatable bonds is 2. The molecule has 4 rings (SSSR count). The number of hydrogen-bond acceptors (Lipinski definition) is 4. The lowest BCUT2D eigenvalue weighted by Crippen LogP contribution is -2.29. The van der Waals surface area contributed by atoms with Crippen molar-refractivity contribution in [1.29, 1.82) is 0 Å². The lowest BCUT2D eigenvalue weighted by atomic mass is 10.1. The van der Waals surface area contributed by atoms with Crippen LogP contribution in [0.1, 0.15) is 19.3 Å². The second kappa shape index (κ2) is 5.50. The summed E-state index contributed by atoms with van der Waals surface area (Å²) in [6.07, 6.45) is 3.80. The van der Waals surface area contributed by atoms with Crippen molar-refractivity contribution in [1.82, 2.24) is 4.98 Å². The molecule has 1 saturated heterocycles. The van der Waals surface area contributed by atoms with Gasteiger partial charge in [-0.05, 0) is 43.5 Å².